The first-order valence-electron chi connectivity index (χ1n) is 8.57. The van der Waals surface area contributed by atoms with Crippen LogP contribution in [0.25, 0.3) is 0 Å². The largest absolute Gasteiger partial charge is 0.497 e. The molecular formula is C20H23ClN2O2. The first-order valence-corrected chi connectivity index (χ1v) is 8.95. The zero-order chi connectivity index (χ0) is 17.6. The first kappa shape index (κ1) is 17.6. The van der Waals surface area contributed by atoms with Crippen LogP contribution in [-0.2, 0) is 11.2 Å². The van der Waals surface area contributed by atoms with Crippen LogP contribution in [0.2, 0.25) is 5.02 Å². The number of methoxy groups -OCH3 is 1. The number of carbonyl (C=O) groups is 1. The van der Waals surface area contributed by atoms with E-state index in [1.165, 1.54) is 0 Å². The van der Waals surface area contributed by atoms with E-state index in [0.717, 1.165) is 54.6 Å². The molecule has 4 nitrogen and oxygen atoms in total. The number of rotatable bonds is 5. The van der Waals surface area contributed by atoms with Crippen LogP contribution < -0.4 is 9.64 Å². The molecule has 1 heterocycles. The second kappa shape index (κ2) is 8.26. The van der Waals surface area contributed by atoms with Crippen molar-refractivity contribution in [2.45, 2.75) is 12.8 Å². The van der Waals surface area contributed by atoms with E-state index in [0.29, 0.717) is 6.42 Å². The van der Waals surface area contributed by atoms with Crippen molar-refractivity contribution < 1.29 is 9.53 Å². The van der Waals surface area contributed by atoms with Gasteiger partial charge in [0.2, 0.25) is 5.91 Å². The van der Waals surface area contributed by atoms with E-state index in [-0.39, 0.29) is 5.91 Å². The molecule has 5 heteroatoms. The number of piperazine rings is 1. The van der Waals surface area contributed by atoms with E-state index in [2.05, 4.69) is 11.0 Å². The maximum absolute atomic E-state index is 12.5. The molecule has 2 aromatic rings. The quantitative estimate of drug-likeness (QED) is 0.818. The number of hydrogen-bond donors (Lipinski definition) is 0. The number of amides is 1. The van der Waals surface area contributed by atoms with Crippen LogP contribution in [0.3, 0.4) is 0 Å². The molecule has 3 rings (SSSR count). The van der Waals surface area contributed by atoms with Crippen LogP contribution >= 0.6 is 11.6 Å². The van der Waals surface area contributed by atoms with Gasteiger partial charge in [-0.05, 0) is 42.3 Å². The molecule has 0 atom stereocenters. The summed E-state index contributed by atoms with van der Waals surface area (Å²) in [6.07, 6.45) is 1.31. The Labute approximate surface area is 154 Å². The third-order valence-corrected chi connectivity index (χ3v) is 4.83. The molecule has 1 fully saturated rings. The summed E-state index contributed by atoms with van der Waals surface area (Å²) in [5.41, 5.74) is 2.28. The van der Waals surface area contributed by atoms with Gasteiger partial charge < -0.3 is 14.5 Å². The SMILES string of the molecule is COc1ccc(CCC(=O)N2CCN(c3cccc(Cl)c3)CC2)cc1. The Morgan fingerprint density at radius 1 is 1.08 bits per heavy atom. The fourth-order valence-electron chi connectivity index (χ4n) is 3.09. The average Bonchev–Trinajstić information content (AvgIpc) is 2.66. The Morgan fingerprint density at radius 3 is 2.44 bits per heavy atom. The van der Waals surface area contributed by atoms with Crippen molar-refractivity contribution in [2.24, 2.45) is 0 Å². The van der Waals surface area contributed by atoms with Crippen LogP contribution in [0.4, 0.5) is 5.69 Å². The van der Waals surface area contributed by atoms with E-state index in [4.69, 9.17) is 16.3 Å². The molecule has 0 spiro atoms. The Balaban J connectivity index is 1.48. The topological polar surface area (TPSA) is 32.8 Å². The van der Waals surface area contributed by atoms with Gasteiger partial charge in [0.25, 0.3) is 0 Å². The predicted octanol–water partition coefficient (Wildman–Crippen LogP) is 3.63. The third kappa shape index (κ3) is 4.67. The van der Waals surface area contributed by atoms with Gasteiger partial charge in [0.1, 0.15) is 5.75 Å². The molecule has 0 aromatic heterocycles. The fraction of sp³-hybridized carbons (Fsp3) is 0.350. The van der Waals surface area contributed by atoms with Gasteiger partial charge in [-0.3, -0.25) is 4.79 Å². The van der Waals surface area contributed by atoms with Gasteiger partial charge in [-0.15, -0.1) is 0 Å². The minimum absolute atomic E-state index is 0.224. The Bertz CT molecular complexity index is 710. The maximum Gasteiger partial charge on any atom is 0.223 e. The monoisotopic (exact) mass is 358 g/mol. The lowest BCUT2D eigenvalue weighted by atomic mass is 10.1. The van der Waals surface area contributed by atoms with E-state index in [1.807, 2.05) is 47.4 Å². The maximum atomic E-state index is 12.5. The molecule has 0 radical (unpaired) electrons. The highest BCUT2D eigenvalue weighted by Crippen LogP contribution is 2.21. The van der Waals surface area contributed by atoms with Gasteiger partial charge in [-0.25, -0.2) is 0 Å². The van der Waals surface area contributed by atoms with Crippen molar-refractivity contribution in [3.8, 4) is 5.75 Å². The number of anilines is 1. The molecular weight excluding hydrogens is 336 g/mol. The van der Waals surface area contributed by atoms with Crippen molar-refractivity contribution in [1.29, 1.82) is 0 Å². The highest BCUT2D eigenvalue weighted by atomic mass is 35.5. The number of aryl methyl sites for hydroxylation is 1. The predicted molar refractivity (Wildman–Crippen MR) is 102 cm³/mol. The highest BCUT2D eigenvalue weighted by Gasteiger charge is 2.21. The lowest BCUT2D eigenvalue weighted by Crippen LogP contribution is -2.48. The second-order valence-corrected chi connectivity index (χ2v) is 6.63. The third-order valence-electron chi connectivity index (χ3n) is 4.59. The summed E-state index contributed by atoms with van der Waals surface area (Å²) in [7, 11) is 1.65. The molecule has 1 aliphatic rings. The summed E-state index contributed by atoms with van der Waals surface area (Å²) >= 11 is 6.06. The van der Waals surface area contributed by atoms with E-state index < -0.39 is 0 Å². The molecule has 0 saturated carbocycles. The van der Waals surface area contributed by atoms with Gasteiger partial charge in [0.05, 0.1) is 7.11 Å². The van der Waals surface area contributed by atoms with Crippen LogP contribution in [0.1, 0.15) is 12.0 Å². The van der Waals surface area contributed by atoms with Crippen molar-refractivity contribution in [3.63, 3.8) is 0 Å². The molecule has 1 aliphatic heterocycles. The zero-order valence-corrected chi connectivity index (χ0v) is 15.2. The lowest BCUT2D eigenvalue weighted by molar-refractivity contribution is -0.131. The van der Waals surface area contributed by atoms with Crippen LogP contribution in [0, 0.1) is 0 Å². The minimum atomic E-state index is 0.224. The van der Waals surface area contributed by atoms with Crippen LogP contribution in [-0.4, -0.2) is 44.1 Å². The fourth-order valence-corrected chi connectivity index (χ4v) is 3.27. The summed E-state index contributed by atoms with van der Waals surface area (Å²) in [6.45, 7) is 3.20. The number of nitrogens with zero attached hydrogens (tertiary/aromatic N) is 2. The highest BCUT2D eigenvalue weighted by molar-refractivity contribution is 6.30. The van der Waals surface area contributed by atoms with Crippen molar-refractivity contribution >= 4 is 23.2 Å². The number of hydrogen-bond acceptors (Lipinski definition) is 3. The molecule has 1 amide bonds. The average molecular weight is 359 g/mol. The standard InChI is InChI=1S/C20H23ClN2O2/c1-25-19-8-5-16(6-9-19)7-10-20(24)23-13-11-22(12-14-23)18-4-2-3-17(21)15-18/h2-6,8-9,15H,7,10-14H2,1H3. The van der Waals surface area contributed by atoms with Gasteiger partial charge in [0.15, 0.2) is 0 Å². The molecule has 0 N–H and O–H groups in total. The van der Waals surface area contributed by atoms with Crippen molar-refractivity contribution in [2.75, 3.05) is 38.2 Å². The molecule has 132 valence electrons. The summed E-state index contributed by atoms with van der Waals surface area (Å²) in [4.78, 5) is 16.7. The zero-order valence-electron chi connectivity index (χ0n) is 14.5. The van der Waals surface area contributed by atoms with E-state index in [9.17, 15) is 4.79 Å². The Morgan fingerprint density at radius 2 is 1.80 bits per heavy atom. The van der Waals surface area contributed by atoms with Crippen LogP contribution in [0.15, 0.2) is 48.5 Å². The van der Waals surface area contributed by atoms with Gasteiger partial charge >= 0.3 is 0 Å². The van der Waals surface area contributed by atoms with Crippen LogP contribution in [0.5, 0.6) is 5.75 Å². The van der Waals surface area contributed by atoms with Gasteiger partial charge in [-0.1, -0.05) is 29.8 Å². The number of halogens is 1. The van der Waals surface area contributed by atoms with Crippen molar-refractivity contribution in [1.82, 2.24) is 4.90 Å². The second-order valence-electron chi connectivity index (χ2n) is 6.20. The van der Waals surface area contributed by atoms with E-state index in [1.54, 1.807) is 7.11 Å². The molecule has 25 heavy (non-hydrogen) atoms. The molecule has 0 unspecified atom stereocenters. The van der Waals surface area contributed by atoms with Gasteiger partial charge in [0, 0.05) is 43.3 Å². The Kier molecular flexibility index (Phi) is 5.82. The Hall–Kier alpha value is -2.20. The lowest BCUT2D eigenvalue weighted by Gasteiger charge is -2.36. The minimum Gasteiger partial charge on any atom is -0.497 e. The first-order chi connectivity index (χ1) is 12.2. The number of benzene rings is 2. The molecule has 2 aromatic carbocycles. The van der Waals surface area contributed by atoms with E-state index >= 15 is 0 Å². The summed E-state index contributed by atoms with van der Waals surface area (Å²) in [5.74, 6) is 1.06. The number of ether oxygens (including phenoxy) is 1. The summed E-state index contributed by atoms with van der Waals surface area (Å²) < 4.78 is 5.16. The summed E-state index contributed by atoms with van der Waals surface area (Å²) in [6, 6.07) is 15.8. The molecule has 0 bridgehead atoms. The smallest absolute Gasteiger partial charge is 0.223 e. The van der Waals surface area contributed by atoms with Gasteiger partial charge in [-0.2, -0.15) is 0 Å². The summed E-state index contributed by atoms with van der Waals surface area (Å²) in [5, 5.41) is 0.746. The molecule has 1 saturated heterocycles. The van der Waals surface area contributed by atoms with Crippen molar-refractivity contribution in [3.05, 3.63) is 59.1 Å². The number of carbonyl (C=O) groups excluding carboxylic acids is 1. The normalized spacial score (nSPS) is 14.5. The molecule has 0 aliphatic carbocycles.